The molecule has 14 unspecified atom stereocenters. The van der Waals surface area contributed by atoms with Crippen molar-refractivity contribution in [2.45, 2.75) is 324 Å². The van der Waals surface area contributed by atoms with Crippen LogP contribution in [0.5, 0.6) is 0 Å². The van der Waals surface area contributed by atoms with E-state index in [9.17, 15) is 55.9 Å². The highest BCUT2D eigenvalue weighted by Gasteiger charge is 2.52. The van der Waals surface area contributed by atoms with Gasteiger partial charge in [0.1, 0.15) is 61.0 Å². The van der Waals surface area contributed by atoms with Crippen LogP contribution in [0, 0.1) is 0 Å². The van der Waals surface area contributed by atoms with Gasteiger partial charge >= 0.3 is 0 Å². The first-order chi connectivity index (χ1) is 34.4. The number of aliphatic hydroxyl groups excluding tert-OH is 10. The van der Waals surface area contributed by atoms with Crippen LogP contribution >= 0.6 is 0 Å². The van der Waals surface area contributed by atoms with Crippen molar-refractivity contribution >= 4 is 5.91 Å². The van der Waals surface area contributed by atoms with E-state index in [4.69, 9.17) is 18.9 Å². The van der Waals surface area contributed by atoms with Gasteiger partial charge in [-0.3, -0.25) is 4.79 Å². The molecule has 16 heteroatoms. The second-order valence-electron chi connectivity index (χ2n) is 21.1. The van der Waals surface area contributed by atoms with Crippen molar-refractivity contribution in [1.29, 1.82) is 0 Å². The van der Waals surface area contributed by atoms with Crippen LogP contribution in [0.1, 0.15) is 239 Å². The third-order valence-electron chi connectivity index (χ3n) is 14.7. The maximum absolute atomic E-state index is 13.4. The van der Waals surface area contributed by atoms with E-state index in [0.29, 0.717) is 12.8 Å². The topological polar surface area (TPSA) is 268 Å². The first-order valence-electron chi connectivity index (χ1n) is 29.0. The lowest BCUT2D eigenvalue weighted by Crippen LogP contribution is -2.62. The number of aliphatic hydroxyl groups is 10. The normalized spacial score (nSPS) is 25.8. The lowest BCUT2D eigenvalue weighted by atomic mass is 9.98. The number of amides is 1. The van der Waals surface area contributed by atoms with Crippen molar-refractivity contribution in [1.82, 2.24) is 5.32 Å². The number of rotatable bonds is 47. The summed E-state index contributed by atoms with van der Waals surface area (Å²) in [5, 5.41) is 109. The summed E-state index contributed by atoms with van der Waals surface area (Å²) in [6, 6.07) is -1.28. The molecule has 0 aromatic rings. The maximum atomic E-state index is 13.4. The molecular formula is C55H107NO15. The van der Waals surface area contributed by atoms with Crippen LogP contribution in [0.3, 0.4) is 0 Å². The molecule has 0 aromatic carbocycles. The standard InChI is InChI=1S/C55H107NO15/c1-3-5-7-9-11-13-15-17-19-20-21-23-25-27-29-31-33-35-37-43(60)53(67)56-41(46(62)42(59)36-34-32-30-28-26-24-22-18-16-14-12-10-8-6-4-2)40-68-54-50(66)52(47(63)45(39-58)69-54)71-55-49(65)48(64)51(70-55)44(61)38-57/h41-52,54-55,57-66H,3-40H2,1-2H3,(H,56,67). The Morgan fingerprint density at radius 1 is 0.507 bits per heavy atom. The van der Waals surface area contributed by atoms with E-state index >= 15 is 0 Å². The summed E-state index contributed by atoms with van der Waals surface area (Å²) in [5.41, 5.74) is 0. The molecule has 0 saturated carbocycles. The van der Waals surface area contributed by atoms with E-state index in [0.717, 1.165) is 44.9 Å². The molecule has 422 valence electrons. The van der Waals surface area contributed by atoms with E-state index in [2.05, 4.69) is 19.2 Å². The Labute approximate surface area is 429 Å². The Hall–Kier alpha value is -1.09. The van der Waals surface area contributed by atoms with Gasteiger partial charge in [0.05, 0.1) is 32.0 Å². The molecule has 2 aliphatic heterocycles. The van der Waals surface area contributed by atoms with Gasteiger partial charge < -0.3 is 75.3 Å². The molecule has 1 amide bonds. The number of hydrogen-bond acceptors (Lipinski definition) is 15. The SMILES string of the molecule is CCCCCCCCCCCCCCCCCCCCC(O)C(=O)NC(COC1OC(CO)C(O)C(OC2OC(C(O)CO)C(O)C2O)C1O)C(O)C(O)CCCCCCCCCCCCCCCCC. The van der Waals surface area contributed by atoms with Crippen LogP contribution in [-0.4, -0.2) is 163 Å². The zero-order valence-electron chi connectivity index (χ0n) is 44.5. The molecule has 2 fully saturated rings. The minimum atomic E-state index is -1.82. The second kappa shape index (κ2) is 42.1. The highest BCUT2D eigenvalue weighted by Crippen LogP contribution is 2.31. The van der Waals surface area contributed by atoms with E-state index in [1.54, 1.807) is 0 Å². The fourth-order valence-electron chi connectivity index (χ4n) is 9.95. The van der Waals surface area contributed by atoms with Crippen molar-refractivity contribution in [2.75, 3.05) is 19.8 Å². The number of carbonyl (C=O) groups excluding carboxylic acids is 1. The average molecular weight is 1020 g/mol. The summed E-state index contributed by atoms with van der Waals surface area (Å²) in [6.45, 7) is 2.40. The van der Waals surface area contributed by atoms with E-state index in [-0.39, 0.29) is 12.8 Å². The van der Waals surface area contributed by atoms with Gasteiger partial charge in [-0.25, -0.2) is 0 Å². The zero-order chi connectivity index (χ0) is 52.1. The molecule has 71 heavy (non-hydrogen) atoms. The third-order valence-corrected chi connectivity index (χ3v) is 14.7. The molecule has 0 aliphatic carbocycles. The predicted molar refractivity (Wildman–Crippen MR) is 275 cm³/mol. The quantitative estimate of drug-likeness (QED) is 0.0277. The molecule has 0 spiro atoms. The van der Waals surface area contributed by atoms with Crippen LogP contribution in [-0.2, 0) is 23.7 Å². The van der Waals surface area contributed by atoms with Crippen LogP contribution in [0.4, 0.5) is 0 Å². The van der Waals surface area contributed by atoms with Crippen molar-refractivity contribution in [3.05, 3.63) is 0 Å². The average Bonchev–Trinajstić information content (AvgIpc) is 3.65. The van der Waals surface area contributed by atoms with Crippen molar-refractivity contribution in [3.8, 4) is 0 Å². The summed E-state index contributed by atoms with van der Waals surface area (Å²) in [5.74, 6) is -0.760. The summed E-state index contributed by atoms with van der Waals surface area (Å²) in [7, 11) is 0. The lowest BCUT2D eigenvalue weighted by Gasteiger charge is -2.43. The molecule has 0 radical (unpaired) electrons. The molecule has 0 aromatic heterocycles. The fourth-order valence-corrected chi connectivity index (χ4v) is 9.95. The van der Waals surface area contributed by atoms with E-state index in [1.165, 1.54) is 154 Å². The summed E-state index contributed by atoms with van der Waals surface area (Å²) < 4.78 is 22.6. The number of nitrogens with one attached hydrogen (secondary N) is 1. The molecule has 16 nitrogen and oxygen atoms in total. The Balaban J connectivity index is 1.87. The molecule has 0 bridgehead atoms. The molecule has 2 saturated heterocycles. The van der Waals surface area contributed by atoms with Gasteiger partial charge in [-0.15, -0.1) is 0 Å². The summed E-state index contributed by atoms with van der Waals surface area (Å²) in [4.78, 5) is 13.4. The Bertz CT molecular complexity index is 1240. The first kappa shape index (κ1) is 66.0. The largest absolute Gasteiger partial charge is 0.394 e. The van der Waals surface area contributed by atoms with Gasteiger partial charge in [0.25, 0.3) is 0 Å². The molecule has 2 aliphatic rings. The summed E-state index contributed by atoms with van der Waals surface area (Å²) in [6.07, 6.45) is 19.7. The molecule has 14 atom stereocenters. The maximum Gasteiger partial charge on any atom is 0.249 e. The van der Waals surface area contributed by atoms with Gasteiger partial charge in [-0.2, -0.15) is 0 Å². The molecule has 2 heterocycles. The number of carbonyl (C=O) groups is 1. The Morgan fingerprint density at radius 2 is 0.915 bits per heavy atom. The minimum Gasteiger partial charge on any atom is -0.394 e. The van der Waals surface area contributed by atoms with Crippen LogP contribution in [0.15, 0.2) is 0 Å². The second-order valence-corrected chi connectivity index (χ2v) is 21.1. The van der Waals surface area contributed by atoms with Gasteiger partial charge in [0, 0.05) is 0 Å². The molecule has 2 rings (SSSR count). The highest BCUT2D eigenvalue weighted by molar-refractivity contribution is 5.80. The Kier molecular flexibility index (Phi) is 39.1. The van der Waals surface area contributed by atoms with Crippen molar-refractivity contribution in [3.63, 3.8) is 0 Å². The third kappa shape index (κ3) is 28.0. The Morgan fingerprint density at radius 3 is 1.32 bits per heavy atom. The van der Waals surface area contributed by atoms with Crippen molar-refractivity contribution < 1.29 is 74.8 Å². The summed E-state index contributed by atoms with van der Waals surface area (Å²) >= 11 is 0. The van der Waals surface area contributed by atoms with Gasteiger partial charge in [-0.05, 0) is 12.8 Å². The minimum absolute atomic E-state index is 0.204. The van der Waals surface area contributed by atoms with E-state index < -0.39 is 111 Å². The van der Waals surface area contributed by atoms with Crippen molar-refractivity contribution in [2.24, 2.45) is 0 Å². The first-order valence-corrected chi connectivity index (χ1v) is 29.0. The van der Waals surface area contributed by atoms with E-state index in [1.807, 2.05) is 0 Å². The highest BCUT2D eigenvalue weighted by atomic mass is 16.7. The van der Waals surface area contributed by atoms with Gasteiger partial charge in [-0.1, -0.05) is 226 Å². The van der Waals surface area contributed by atoms with Crippen LogP contribution < -0.4 is 5.32 Å². The smallest absolute Gasteiger partial charge is 0.249 e. The zero-order valence-corrected chi connectivity index (χ0v) is 44.5. The molecular weight excluding hydrogens is 915 g/mol. The fraction of sp³-hybridized carbons (Fsp3) is 0.982. The molecule has 11 N–H and O–H groups in total. The predicted octanol–water partition coefficient (Wildman–Crippen LogP) is 6.89. The monoisotopic (exact) mass is 1020 g/mol. The van der Waals surface area contributed by atoms with Crippen LogP contribution in [0.25, 0.3) is 0 Å². The van der Waals surface area contributed by atoms with Crippen LogP contribution in [0.2, 0.25) is 0 Å². The van der Waals surface area contributed by atoms with Gasteiger partial charge in [0.2, 0.25) is 5.91 Å². The number of ether oxygens (including phenoxy) is 4. The van der Waals surface area contributed by atoms with Gasteiger partial charge in [0.15, 0.2) is 12.6 Å². The lowest BCUT2D eigenvalue weighted by molar-refractivity contribution is -0.332. The number of unbranched alkanes of at least 4 members (excludes halogenated alkanes) is 31. The number of hydrogen-bond donors (Lipinski definition) is 11.